The maximum atomic E-state index is 12.9. The second-order valence-corrected chi connectivity index (χ2v) is 12.4. The number of ether oxygens (including phenoxy) is 2. The number of likely N-dealkylation sites (N-methyl/N-ethyl adjacent to an activating group) is 1. The van der Waals surface area contributed by atoms with E-state index in [4.69, 9.17) is 9.47 Å². The fourth-order valence-electron chi connectivity index (χ4n) is 5.04. The highest BCUT2D eigenvalue weighted by Gasteiger charge is 2.25. The van der Waals surface area contributed by atoms with Crippen molar-refractivity contribution in [1.82, 2.24) is 20.0 Å². The third-order valence-electron chi connectivity index (χ3n) is 7.57. The van der Waals surface area contributed by atoms with Crippen LogP contribution in [0.25, 0.3) is 0 Å². The van der Waals surface area contributed by atoms with Crippen molar-refractivity contribution in [1.29, 1.82) is 0 Å². The van der Waals surface area contributed by atoms with Gasteiger partial charge in [0.05, 0.1) is 12.6 Å². The molecule has 12 heteroatoms. The zero-order valence-electron chi connectivity index (χ0n) is 31.2. The van der Waals surface area contributed by atoms with E-state index in [1.807, 2.05) is 55.4 Å². The molecule has 1 aliphatic heterocycles. The maximum Gasteiger partial charge on any atom is 0.410 e. The van der Waals surface area contributed by atoms with E-state index in [0.717, 1.165) is 38.4 Å². The molecule has 1 aliphatic rings. The summed E-state index contributed by atoms with van der Waals surface area (Å²) >= 11 is 0. The smallest absolute Gasteiger partial charge is 0.410 e. The van der Waals surface area contributed by atoms with Gasteiger partial charge in [0, 0.05) is 43.0 Å². The van der Waals surface area contributed by atoms with Crippen molar-refractivity contribution in [3.63, 3.8) is 0 Å². The molecule has 1 fully saturated rings. The highest BCUT2D eigenvalue weighted by atomic mass is 16.6. The number of likely N-dealkylation sites (tertiary alicyclic amines) is 1. The summed E-state index contributed by atoms with van der Waals surface area (Å²) in [4.78, 5) is 66.6. The van der Waals surface area contributed by atoms with E-state index in [1.54, 1.807) is 35.0 Å². The highest BCUT2D eigenvalue weighted by Crippen LogP contribution is 2.23. The third-order valence-corrected chi connectivity index (χ3v) is 7.57. The first-order valence-electron chi connectivity index (χ1n) is 17.5. The number of hydrogen-bond donors (Lipinski definition) is 2. The molecule has 12 nitrogen and oxygen atoms in total. The van der Waals surface area contributed by atoms with Gasteiger partial charge in [-0.15, -0.1) is 0 Å². The maximum absolute atomic E-state index is 12.9. The van der Waals surface area contributed by atoms with Crippen molar-refractivity contribution >= 4 is 36.3 Å². The number of imide groups is 1. The Labute approximate surface area is 289 Å². The summed E-state index contributed by atoms with van der Waals surface area (Å²) in [6.45, 7) is 21.3. The van der Waals surface area contributed by atoms with Gasteiger partial charge in [0.2, 0.25) is 18.2 Å². The Morgan fingerprint density at radius 1 is 1.06 bits per heavy atom. The summed E-state index contributed by atoms with van der Waals surface area (Å²) in [6.07, 6.45) is 4.14. The van der Waals surface area contributed by atoms with Crippen LogP contribution >= 0.6 is 0 Å². The van der Waals surface area contributed by atoms with E-state index in [-0.39, 0.29) is 26.3 Å². The Kier molecular flexibility index (Phi) is 23.0. The van der Waals surface area contributed by atoms with Crippen LogP contribution < -0.4 is 10.6 Å². The summed E-state index contributed by atoms with van der Waals surface area (Å²) in [5.41, 5.74) is 0.708. The van der Waals surface area contributed by atoms with Crippen LogP contribution in [0.4, 0.5) is 10.5 Å². The average Bonchev–Trinajstić information content (AvgIpc) is 3.05. The summed E-state index contributed by atoms with van der Waals surface area (Å²) in [5.74, 6) is -0.136. The molecule has 1 heterocycles. The minimum absolute atomic E-state index is 0.137. The van der Waals surface area contributed by atoms with Crippen molar-refractivity contribution in [3.8, 4) is 0 Å². The molecule has 4 amide bonds. The van der Waals surface area contributed by atoms with E-state index in [0.29, 0.717) is 48.9 Å². The van der Waals surface area contributed by atoms with Gasteiger partial charge in [-0.1, -0.05) is 60.1 Å². The Bertz CT molecular complexity index is 1100. The number of piperidine rings is 1. The lowest BCUT2D eigenvalue weighted by Gasteiger charge is -2.33. The SMILES string of the molecule is CC.CC.CCCC(C(=O)NC=O)N(C)Cc1c(C=O)cccc1NC(=O)COCCN(CCN1CCC(C)CC1)C(=O)OC(C)(C)C. The molecule has 0 aromatic heterocycles. The molecule has 1 aromatic rings. The quantitative estimate of drug-likeness (QED) is 0.165. The number of carbonyl (C=O) groups is 5. The van der Waals surface area contributed by atoms with Gasteiger partial charge in [-0.3, -0.25) is 29.4 Å². The highest BCUT2D eigenvalue weighted by molar-refractivity contribution is 5.94. The molecule has 0 aliphatic carbocycles. The van der Waals surface area contributed by atoms with Gasteiger partial charge in [0.1, 0.15) is 18.5 Å². The Hall–Kier alpha value is -3.35. The summed E-state index contributed by atoms with van der Waals surface area (Å²) in [5, 5.41) is 5.01. The first kappa shape index (κ1) is 44.6. The molecule has 1 atom stereocenters. The predicted molar refractivity (Wildman–Crippen MR) is 191 cm³/mol. The van der Waals surface area contributed by atoms with Gasteiger partial charge in [-0.25, -0.2) is 4.79 Å². The van der Waals surface area contributed by atoms with Crippen molar-refractivity contribution in [2.45, 2.75) is 106 Å². The Balaban J connectivity index is 0.00000531. The predicted octanol–water partition coefficient (Wildman–Crippen LogP) is 5.35. The number of rotatable bonds is 17. The molecule has 0 saturated carbocycles. The van der Waals surface area contributed by atoms with Crippen LogP contribution in [0, 0.1) is 5.92 Å². The molecule has 0 radical (unpaired) electrons. The van der Waals surface area contributed by atoms with E-state index in [9.17, 15) is 24.0 Å². The number of nitrogens with zero attached hydrogens (tertiary/aromatic N) is 3. The number of nitrogens with one attached hydrogen (secondary N) is 2. The monoisotopic (exact) mass is 677 g/mol. The van der Waals surface area contributed by atoms with Crippen LogP contribution in [0.1, 0.15) is 104 Å². The Morgan fingerprint density at radius 2 is 1.71 bits per heavy atom. The number of anilines is 1. The van der Waals surface area contributed by atoms with Crippen LogP contribution in [-0.2, 0) is 30.4 Å². The zero-order valence-corrected chi connectivity index (χ0v) is 31.2. The van der Waals surface area contributed by atoms with Crippen molar-refractivity contribution in [3.05, 3.63) is 29.3 Å². The molecular weight excluding hydrogens is 614 g/mol. The number of amides is 4. The molecule has 2 rings (SSSR count). The molecule has 1 saturated heterocycles. The lowest BCUT2D eigenvalue weighted by atomic mass is 9.99. The first-order chi connectivity index (χ1) is 22.9. The zero-order chi connectivity index (χ0) is 36.7. The third kappa shape index (κ3) is 17.2. The van der Waals surface area contributed by atoms with Crippen LogP contribution in [0.3, 0.4) is 0 Å². The lowest BCUT2D eigenvalue weighted by molar-refractivity contribution is -0.129. The Morgan fingerprint density at radius 3 is 2.27 bits per heavy atom. The normalized spacial score (nSPS) is 14.0. The van der Waals surface area contributed by atoms with Crippen molar-refractivity contribution in [2.24, 2.45) is 5.92 Å². The second-order valence-electron chi connectivity index (χ2n) is 12.4. The van der Waals surface area contributed by atoms with Crippen molar-refractivity contribution < 1.29 is 33.4 Å². The summed E-state index contributed by atoms with van der Waals surface area (Å²) < 4.78 is 11.2. The van der Waals surface area contributed by atoms with Gasteiger partial charge in [0.25, 0.3) is 0 Å². The molecule has 0 spiro atoms. The summed E-state index contributed by atoms with van der Waals surface area (Å²) in [6, 6.07) is 4.38. The van der Waals surface area contributed by atoms with Crippen molar-refractivity contribution in [2.75, 3.05) is 58.3 Å². The fraction of sp³-hybridized carbons (Fsp3) is 0.694. The molecule has 2 N–H and O–H groups in total. The fourth-order valence-corrected chi connectivity index (χ4v) is 5.04. The largest absolute Gasteiger partial charge is 0.444 e. The summed E-state index contributed by atoms with van der Waals surface area (Å²) in [7, 11) is 1.73. The molecular formula is C36H63N5O7. The molecule has 48 heavy (non-hydrogen) atoms. The number of hydrogen-bond acceptors (Lipinski definition) is 9. The topological polar surface area (TPSA) is 138 Å². The number of carbonyl (C=O) groups excluding carboxylic acids is 5. The van der Waals surface area contributed by atoms with E-state index < -0.39 is 29.6 Å². The van der Waals surface area contributed by atoms with E-state index in [1.165, 1.54) is 0 Å². The number of benzene rings is 1. The molecule has 274 valence electrons. The van der Waals surface area contributed by atoms with Gasteiger partial charge in [0.15, 0.2) is 0 Å². The van der Waals surface area contributed by atoms with Crippen LogP contribution in [-0.4, -0.2) is 110 Å². The minimum Gasteiger partial charge on any atom is -0.444 e. The van der Waals surface area contributed by atoms with Crippen LogP contribution in [0.5, 0.6) is 0 Å². The molecule has 0 bridgehead atoms. The van der Waals surface area contributed by atoms with Crippen LogP contribution in [0.15, 0.2) is 18.2 Å². The minimum atomic E-state index is -0.632. The number of aldehydes is 1. The van der Waals surface area contributed by atoms with Gasteiger partial charge >= 0.3 is 6.09 Å². The van der Waals surface area contributed by atoms with Gasteiger partial charge < -0.3 is 24.6 Å². The average molecular weight is 678 g/mol. The molecule has 1 unspecified atom stereocenters. The first-order valence-corrected chi connectivity index (χ1v) is 17.5. The standard InChI is InChI=1S/C32H51N5O7.2C2H6/c1-7-9-28(30(41)33-23-39)35(6)20-26-25(21-38)10-8-11-27(26)34-29(40)22-43-19-18-37(31(42)44-32(3,4)5)17-16-36-14-12-24(2)13-15-36;2*1-2/h8,10-11,21,23-24,28H,7,9,12-20,22H2,1-6H3,(H,34,40)(H,33,39,41);2*1-2H3. The second kappa shape index (κ2) is 24.7. The van der Waals surface area contributed by atoms with E-state index >= 15 is 0 Å². The van der Waals surface area contributed by atoms with Gasteiger partial charge in [-0.2, -0.15) is 0 Å². The van der Waals surface area contributed by atoms with Crippen LogP contribution in [0.2, 0.25) is 0 Å². The lowest BCUT2D eigenvalue weighted by Crippen LogP contribution is -2.44. The van der Waals surface area contributed by atoms with Gasteiger partial charge in [-0.05, 0) is 72.2 Å². The van der Waals surface area contributed by atoms with E-state index in [2.05, 4.69) is 22.5 Å². The molecule has 1 aromatic carbocycles.